The Kier molecular flexibility index (Phi) is 3.84. The van der Waals surface area contributed by atoms with E-state index in [1.165, 1.54) is 17.5 Å². The van der Waals surface area contributed by atoms with Gasteiger partial charge in [0.15, 0.2) is 0 Å². The first-order valence-electron chi connectivity index (χ1n) is 7.52. The van der Waals surface area contributed by atoms with Crippen molar-refractivity contribution in [2.24, 2.45) is 5.92 Å². The molecule has 1 aromatic rings. The quantitative estimate of drug-likeness (QED) is 0.855. The van der Waals surface area contributed by atoms with E-state index in [1.807, 2.05) is 12.1 Å². The maximum Gasteiger partial charge on any atom is 0.211 e. The number of hydrogen-bond donors (Lipinski definition) is 1. The molecule has 2 aliphatic rings. The number of sulfonamides is 1. The van der Waals surface area contributed by atoms with Crippen LogP contribution in [0, 0.1) is 5.92 Å². The van der Waals surface area contributed by atoms with Crippen molar-refractivity contribution in [3.05, 3.63) is 23.8 Å². The van der Waals surface area contributed by atoms with Crippen LogP contribution in [0.5, 0.6) is 0 Å². The molecule has 0 aliphatic carbocycles. The highest BCUT2D eigenvalue weighted by Gasteiger charge is 2.29. The number of fused-ring (bicyclic) bond motifs is 1. The van der Waals surface area contributed by atoms with Crippen LogP contribution in [-0.2, 0) is 16.4 Å². The summed E-state index contributed by atoms with van der Waals surface area (Å²) in [5.74, 6) is 0.404. The van der Waals surface area contributed by atoms with Crippen LogP contribution in [0.25, 0.3) is 0 Å². The molecular formula is C15H23N3O2S. The van der Waals surface area contributed by atoms with Gasteiger partial charge in [-0.25, -0.2) is 12.7 Å². The lowest BCUT2D eigenvalue weighted by atomic mass is 9.99. The molecule has 3 rings (SSSR count). The van der Waals surface area contributed by atoms with Crippen LogP contribution in [0.3, 0.4) is 0 Å². The van der Waals surface area contributed by atoms with Crippen molar-refractivity contribution in [2.45, 2.75) is 19.3 Å². The molecule has 21 heavy (non-hydrogen) atoms. The van der Waals surface area contributed by atoms with Gasteiger partial charge in [0.2, 0.25) is 10.0 Å². The summed E-state index contributed by atoms with van der Waals surface area (Å²) in [6, 6.07) is 6.07. The third-order valence-corrected chi connectivity index (χ3v) is 5.86. The summed E-state index contributed by atoms with van der Waals surface area (Å²) in [6.07, 6.45) is 4.35. The van der Waals surface area contributed by atoms with Crippen LogP contribution in [0.15, 0.2) is 18.2 Å². The molecule has 1 saturated heterocycles. The number of nitrogens with two attached hydrogens (primary N) is 1. The van der Waals surface area contributed by atoms with Crippen LogP contribution in [0.1, 0.15) is 18.4 Å². The third-order valence-electron chi connectivity index (χ3n) is 4.59. The summed E-state index contributed by atoms with van der Waals surface area (Å²) in [4.78, 5) is 2.36. The highest BCUT2D eigenvalue weighted by molar-refractivity contribution is 7.88. The maximum absolute atomic E-state index is 11.7. The Labute approximate surface area is 126 Å². The van der Waals surface area contributed by atoms with Gasteiger partial charge in [0.1, 0.15) is 0 Å². The van der Waals surface area contributed by atoms with E-state index in [0.29, 0.717) is 19.0 Å². The van der Waals surface area contributed by atoms with Gasteiger partial charge in [-0.3, -0.25) is 0 Å². The number of anilines is 2. The number of hydrogen-bond acceptors (Lipinski definition) is 4. The Bertz CT molecular complexity index is 630. The van der Waals surface area contributed by atoms with Crippen molar-refractivity contribution >= 4 is 21.4 Å². The van der Waals surface area contributed by atoms with Gasteiger partial charge in [-0.2, -0.15) is 0 Å². The fourth-order valence-corrected chi connectivity index (χ4v) is 4.45. The van der Waals surface area contributed by atoms with Gasteiger partial charge in [-0.15, -0.1) is 0 Å². The molecule has 2 aliphatic heterocycles. The summed E-state index contributed by atoms with van der Waals surface area (Å²) < 4.78 is 25.0. The lowest BCUT2D eigenvalue weighted by Gasteiger charge is -2.34. The van der Waals surface area contributed by atoms with E-state index in [0.717, 1.165) is 38.0 Å². The van der Waals surface area contributed by atoms with Crippen LogP contribution >= 0.6 is 0 Å². The summed E-state index contributed by atoms with van der Waals surface area (Å²) in [7, 11) is -3.06. The molecule has 2 heterocycles. The van der Waals surface area contributed by atoms with Gasteiger partial charge < -0.3 is 10.6 Å². The number of rotatable bonds is 3. The van der Waals surface area contributed by atoms with Gasteiger partial charge in [0.25, 0.3) is 0 Å². The van der Waals surface area contributed by atoms with Crippen LogP contribution < -0.4 is 10.6 Å². The molecule has 0 amide bonds. The Balaban J connectivity index is 1.70. The average Bonchev–Trinajstić information content (AvgIpc) is 2.83. The molecule has 1 unspecified atom stereocenters. The maximum atomic E-state index is 11.7. The lowest BCUT2D eigenvalue weighted by Crippen LogP contribution is -2.43. The molecule has 1 fully saturated rings. The largest absolute Gasteiger partial charge is 0.398 e. The molecule has 116 valence electrons. The number of nitrogens with zero attached hydrogens (tertiary/aromatic N) is 2. The molecule has 5 nitrogen and oxygen atoms in total. The zero-order chi connectivity index (χ0) is 15.0. The molecule has 0 aromatic heterocycles. The molecule has 0 bridgehead atoms. The van der Waals surface area contributed by atoms with Gasteiger partial charge in [0, 0.05) is 43.1 Å². The van der Waals surface area contributed by atoms with Crippen LogP contribution in [0.4, 0.5) is 11.4 Å². The second kappa shape index (κ2) is 5.50. The summed E-state index contributed by atoms with van der Waals surface area (Å²) >= 11 is 0. The van der Waals surface area contributed by atoms with Crippen molar-refractivity contribution in [1.29, 1.82) is 0 Å². The fraction of sp³-hybridized carbons (Fsp3) is 0.600. The fourth-order valence-electron chi connectivity index (χ4n) is 3.51. The number of nitrogen functional groups attached to an aromatic ring is 1. The second-order valence-electron chi connectivity index (χ2n) is 6.17. The van der Waals surface area contributed by atoms with Crippen LogP contribution in [0.2, 0.25) is 0 Å². The predicted molar refractivity (Wildman–Crippen MR) is 85.9 cm³/mol. The first-order chi connectivity index (χ1) is 9.95. The van der Waals surface area contributed by atoms with Gasteiger partial charge in [-0.1, -0.05) is 6.07 Å². The molecule has 6 heteroatoms. The molecule has 0 spiro atoms. The molecule has 1 aromatic carbocycles. The van der Waals surface area contributed by atoms with Crippen LogP contribution in [-0.4, -0.2) is 45.2 Å². The highest BCUT2D eigenvalue weighted by atomic mass is 32.2. The monoisotopic (exact) mass is 309 g/mol. The first kappa shape index (κ1) is 14.7. The molecule has 2 N–H and O–H groups in total. The second-order valence-corrected chi connectivity index (χ2v) is 8.15. The van der Waals surface area contributed by atoms with Crippen molar-refractivity contribution in [2.75, 3.05) is 43.1 Å². The van der Waals surface area contributed by atoms with E-state index >= 15 is 0 Å². The lowest BCUT2D eigenvalue weighted by molar-refractivity contribution is 0.270. The van der Waals surface area contributed by atoms with Crippen molar-refractivity contribution in [1.82, 2.24) is 4.31 Å². The van der Waals surface area contributed by atoms with E-state index in [9.17, 15) is 8.42 Å². The Hall–Kier alpha value is -1.27. The first-order valence-corrected chi connectivity index (χ1v) is 9.37. The minimum absolute atomic E-state index is 0.404. The van der Waals surface area contributed by atoms with Gasteiger partial charge in [0.05, 0.1) is 6.26 Å². The summed E-state index contributed by atoms with van der Waals surface area (Å²) in [5, 5.41) is 0. The number of benzene rings is 1. The van der Waals surface area contributed by atoms with E-state index < -0.39 is 10.0 Å². The molecule has 0 radical (unpaired) electrons. The average molecular weight is 309 g/mol. The van der Waals surface area contributed by atoms with E-state index in [2.05, 4.69) is 11.0 Å². The zero-order valence-electron chi connectivity index (χ0n) is 12.5. The molecular weight excluding hydrogens is 286 g/mol. The van der Waals surface area contributed by atoms with Crippen molar-refractivity contribution in [3.63, 3.8) is 0 Å². The smallest absolute Gasteiger partial charge is 0.211 e. The zero-order valence-corrected chi connectivity index (χ0v) is 13.3. The van der Waals surface area contributed by atoms with E-state index in [-0.39, 0.29) is 0 Å². The topological polar surface area (TPSA) is 66.6 Å². The molecule has 0 saturated carbocycles. The van der Waals surface area contributed by atoms with Crippen molar-refractivity contribution < 1.29 is 8.42 Å². The minimum atomic E-state index is -3.06. The molecule has 1 atom stereocenters. The van der Waals surface area contributed by atoms with E-state index in [1.54, 1.807) is 4.31 Å². The number of piperidine rings is 1. The summed E-state index contributed by atoms with van der Waals surface area (Å²) in [6.45, 7) is 3.22. The van der Waals surface area contributed by atoms with Gasteiger partial charge >= 0.3 is 0 Å². The Morgan fingerprint density at radius 2 is 2.14 bits per heavy atom. The SMILES string of the molecule is CS(=O)(=O)N1CCCC(CN2CCc3c(N)cccc32)C1. The van der Waals surface area contributed by atoms with Crippen molar-refractivity contribution in [3.8, 4) is 0 Å². The Morgan fingerprint density at radius 3 is 2.90 bits per heavy atom. The standard InChI is InChI=1S/C15H23N3O2S/c1-21(19,20)18-8-3-4-12(11-18)10-17-9-7-13-14(16)5-2-6-15(13)17/h2,5-6,12H,3-4,7-11,16H2,1H3. The minimum Gasteiger partial charge on any atom is -0.398 e. The third kappa shape index (κ3) is 3.01. The predicted octanol–water partition coefficient (Wildman–Crippen LogP) is 1.30. The van der Waals surface area contributed by atoms with E-state index in [4.69, 9.17) is 5.73 Å². The van der Waals surface area contributed by atoms with Gasteiger partial charge in [-0.05, 0) is 37.3 Å². The Morgan fingerprint density at radius 1 is 1.33 bits per heavy atom. The highest BCUT2D eigenvalue weighted by Crippen LogP contribution is 2.33. The summed E-state index contributed by atoms with van der Waals surface area (Å²) in [5.41, 5.74) is 9.38. The normalized spacial score (nSPS) is 23.3.